The molecule has 2 N–H and O–H groups in total. The van der Waals surface area contributed by atoms with Gasteiger partial charge in [0, 0.05) is 25.5 Å². The van der Waals surface area contributed by atoms with Gasteiger partial charge in [-0.3, -0.25) is 9.78 Å². The number of ether oxygens (including phenoxy) is 2. The van der Waals surface area contributed by atoms with Crippen LogP contribution >= 0.6 is 0 Å². The van der Waals surface area contributed by atoms with Crippen molar-refractivity contribution < 1.29 is 27.8 Å². The quantitative estimate of drug-likeness (QED) is 0.640. The van der Waals surface area contributed by atoms with Crippen LogP contribution in [0.3, 0.4) is 0 Å². The number of rotatable bonds is 6. The maximum absolute atomic E-state index is 12.3. The number of aliphatic hydroxyl groups is 1. The van der Waals surface area contributed by atoms with Gasteiger partial charge in [0.1, 0.15) is 0 Å². The number of fused-ring (bicyclic) bond motifs is 1. The molecule has 2 fully saturated rings. The van der Waals surface area contributed by atoms with Crippen molar-refractivity contribution in [2.24, 2.45) is 0 Å². The number of nitrogens with one attached hydrogen (secondary N) is 1. The van der Waals surface area contributed by atoms with E-state index in [4.69, 9.17) is 9.47 Å². The molecule has 1 aromatic heterocycles. The van der Waals surface area contributed by atoms with Gasteiger partial charge < -0.3 is 19.9 Å². The van der Waals surface area contributed by atoms with Crippen molar-refractivity contribution in [1.82, 2.24) is 14.6 Å². The van der Waals surface area contributed by atoms with E-state index in [1.165, 1.54) is 4.31 Å². The third-order valence-corrected chi connectivity index (χ3v) is 6.53. The molecule has 4 atom stereocenters. The number of sulfonamides is 1. The first-order valence-electron chi connectivity index (χ1n) is 9.86. The highest BCUT2D eigenvalue weighted by atomic mass is 32.2. The smallest absolute Gasteiger partial charge is 0.222 e. The number of aliphatic hydroxyl groups excluding tert-OH is 1. The lowest BCUT2D eigenvalue weighted by atomic mass is 9.96. The molecule has 3 rings (SSSR count). The van der Waals surface area contributed by atoms with Gasteiger partial charge in [-0.1, -0.05) is 0 Å². The summed E-state index contributed by atoms with van der Waals surface area (Å²) in [6.45, 7) is 0.765. The molecule has 0 aliphatic carbocycles. The van der Waals surface area contributed by atoms with Crippen LogP contribution in [0.15, 0.2) is 24.5 Å². The molecule has 0 radical (unpaired) electrons. The highest BCUT2D eigenvalue weighted by molar-refractivity contribution is 7.88. The lowest BCUT2D eigenvalue weighted by Gasteiger charge is -2.43. The number of β-amino-alcohol motifs (C(OH)–C–C–N with tert-alkyl or cyclic N) is 1. The molecule has 2 aliphatic rings. The SMILES string of the molecule is CS(=O)(=O)N1C[C@@H](O)COC[C@H]2O[C@H](CC(=O)NCCc3ccncc3)CC[C@@H]21. The van der Waals surface area contributed by atoms with E-state index in [9.17, 15) is 18.3 Å². The number of carbonyl (C=O) groups excluding carboxylic acids is 1. The lowest BCUT2D eigenvalue weighted by molar-refractivity contribution is -0.146. The van der Waals surface area contributed by atoms with Crippen LogP contribution in [-0.4, -0.2) is 85.6 Å². The number of hydrogen-bond donors (Lipinski definition) is 2. The minimum absolute atomic E-state index is 0.0104. The third-order valence-electron chi connectivity index (χ3n) is 5.26. The Hall–Kier alpha value is -1.59. The molecule has 0 spiro atoms. The summed E-state index contributed by atoms with van der Waals surface area (Å²) in [5.74, 6) is -0.0929. The van der Waals surface area contributed by atoms with Crippen molar-refractivity contribution in [2.45, 2.75) is 50.0 Å². The van der Waals surface area contributed by atoms with Crippen LogP contribution in [0.2, 0.25) is 0 Å². The summed E-state index contributed by atoms with van der Waals surface area (Å²) in [4.78, 5) is 16.2. The molecular formula is C19H29N3O6S. The molecule has 1 amide bonds. The Morgan fingerprint density at radius 1 is 1.31 bits per heavy atom. The molecule has 2 saturated heterocycles. The predicted molar refractivity (Wildman–Crippen MR) is 106 cm³/mol. The summed E-state index contributed by atoms with van der Waals surface area (Å²) < 4.78 is 37.2. The fraction of sp³-hybridized carbons (Fsp3) is 0.684. The Labute approximate surface area is 171 Å². The standard InChI is InChI=1S/C19H29N3O6S/c1-29(25,26)22-11-15(23)12-27-13-18-17(22)3-2-16(28-18)10-19(24)21-9-6-14-4-7-20-8-5-14/h4-5,7-8,15-18,23H,2-3,6,9-13H2,1H3,(H,21,24)/t15-,16+,17+,18-/m1/s1. The number of aromatic nitrogens is 1. The van der Waals surface area contributed by atoms with Gasteiger partial charge in [0.2, 0.25) is 15.9 Å². The first kappa shape index (κ1) is 22.1. The van der Waals surface area contributed by atoms with Crippen LogP contribution in [0.5, 0.6) is 0 Å². The van der Waals surface area contributed by atoms with Gasteiger partial charge in [-0.05, 0) is 37.0 Å². The summed E-state index contributed by atoms with van der Waals surface area (Å²) >= 11 is 0. The van der Waals surface area contributed by atoms with Gasteiger partial charge in [0.25, 0.3) is 0 Å². The highest BCUT2D eigenvalue weighted by Crippen LogP contribution is 2.29. The molecule has 1 aromatic rings. The Morgan fingerprint density at radius 3 is 2.79 bits per heavy atom. The Kier molecular flexibility index (Phi) is 7.58. The predicted octanol–water partition coefficient (Wildman–Crippen LogP) is -0.301. The van der Waals surface area contributed by atoms with E-state index < -0.39 is 28.3 Å². The normalized spacial score (nSPS) is 28.8. The molecule has 162 valence electrons. The van der Waals surface area contributed by atoms with Gasteiger partial charge in [0.15, 0.2) is 0 Å². The first-order chi connectivity index (χ1) is 13.8. The van der Waals surface area contributed by atoms with Gasteiger partial charge in [-0.25, -0.2) is 8.42 Å². The molecule has 0 unspecified atom stereocenters. The van der Waals surface area contributed by atoms with Crippen molar-refractivity contribution in [3.05, 3.63) is 30.1 Å². The maximum atomic E-state index is 12.3. The second-order valence-corrected chi connectivity index (χ2v) is 9.56. The van der Waals surface area contributed by atoms with E-state index in [0.717, 1.165) is 18.2 Å². The number of nitrogens with zero attached hydrogens (tertiary/aromatic N) is 2. The Morgan fingerprint density at radius 2 is 2.07 bits per heavy atom. The van der Waals surface area contributed by atoms with Crippen molar-refractivity contribution in [1.29, 1.82) is 0 Å². The molecular weight excluding hydrogens is 398 g/mol. The van der Waals surface area contributed by atoms with Crippen molar-refractivity contribution in [3.8, 4) is 0 Å². The molecule has 9 nitrogen and oxygen atoms in total. The van der Waals surface area contributed by atoms with E-state index in [0.29, 0.717) is 19.4 Å². The van der Waals surface area contributed by atoms with E-state index in [2.05, 4.69) is 10.3 Å². The third kappa shape index (κ3) is 6.45. The van der Waals surface area contributed by atoms with Gasteiger partial charge in [-0.15, -0.1) is 0 Å². The van der Waals surface area contributed by atoms with Crippen LogP contribution in [-0.2, 0) is 30.7 Å². The van der Waals surface area contributed by atoms with E-state index in [-0.39, 0.29) is 38.2 Å². The van der Waals surface area contributed by atoms with Gasteiger partial charge in [-0.2, -0.15) is 4.31 Å². The molecule has 29 heavy (non-hydrogen) atoms. The van der Waals surface area contributed by atoms with E-state index >= 15 is 0 Å². The largest absolute Gasteiger partial charge is 0.389 e. The fourth-order valence-electron chi connectivity index (χ4n) is 3.85. The van der Waals surface area contributed by atoms with Crippen LogP contribution < -0.4 is 5.32 Å². The Balaban J connectivity index is 1.51. The average molecular weight is 428 g/mol. The first-order valence-corrected chi connectivity index (χ1v) is 11.7. The number of pyridine rings is 1. The molecule has 0 saturated carbocycles. The van der Waals surface area contributed by atoms with Crippen LogP contribution in [0, 0.1) is 0 Å². The zero-order valence-electron chi connectivity index (χ0n) is 16.6. The molecule has 2 aliphatic heterocycles. The molecule has 10 heteroatoms. The zero-order chi connectivity index (χ0) is 20.9. The summed E-state index contributed by atoms with van der Waals surface area (Å²) in [6.07, 6.45) is 5.05. The van der Waals surface area contributed by atoms with Gasteiger partial charge >= 0.3 is 0 Å². The van der Waals surface area contributed by atoms with Crippen LogP contribution in [0.4, 0.5) is 0 Å². The summed E-state index contributed by atoms with van der Waals surface area (Å²) in [5, 5.41) is 12.8. The van der Waals surface area contributed by atoms with E-state index in [1.807, 2.05) is 12.1 Å². The average Bonchev–Trinajstić information content (AvgIpc) is 2.65. The molecule has 0 aromatic carbocycles. The Bertz CT molecular complexity index is 775. The molecule has 3 heterocycles. The second-order valence-electron chi connectivity index (χ2n) is 7.62. The molecule has 0 bridgehead atoms. The highest BCUT2D eigenvalue weighted by Gasteiger charge is 2.41. The maximum Gasteiger partial charge on any atom is 0.222 e. The van der Waals surface area contributed by atoms with Crippen LogP contribution in [0.1, 0.15) is 24.8 Å². The zero-order valence-corrected chi connectivity index (χ0v) is 17.4. The van der Waals surface area contributed by atoms with Gasteiger partial charge in [0.05, 0.1) is 50.2 Å². The monoisotopic (exact) mass is 427 g/mol. The number of hydrogen-bond acceptors (Lipinski definition) is 7. The second kappa shape index (κ2) is 9.94. The summed E-state index contributed by atoms with van der Waals surface area (Å²) in [5.41, 5.74) is 1.10. The number of carbonyl (C=O) groups is 1. The van der Waals surface area contributed by atoms with Crippen molar-refractivity contribution in [3.63, 3.8) is 0 Å². The summed E-state index contributed by atoms with van der Waals surface area (Å²) in [7, 11) is -3.49. The topological polar surface area (TPSA) is 118 Å². The van der Waals surface area contributed by atoms with Crippen molar-refractivity contribution in [2.75, 3.05) is 32.6 Å². The van der Waals surface area contributed by atoms with E-state index in [1.54, 1.807) is 12.4 Å². The minimum atomic E-state index is -3.49. The van der Waals surface area contributed by atoms with Crippen molar-refractivity contribution >= 4 is 15.9 Å². The number of amides is 1. The lowest BCUT2D eigenvalue weighted by Crippen LogP contribution is -2.57. The fourth-order valence-corrected chi connectivity index (χ4v) is 5.03. The minimum Gasteiger partial charge on any atom is -0.389 e. The van der Waals surface area contributed by atoms with Crippen LogP contribution in [0.25, 0.3) is 0 Å². The summed E-state index contributed by atoms with van der Waals surface area (Å²) in [6, 6.07) is 3.43.